The van der Waals surface area contributed by atoms with E-state index in [1.54, 1.807) is 23.1 Å². The van der Waals surface area contributed by atoms with Crippen LogP contribution in [0.5, 0.6) is 5.75 Å². The van der Waals surface area contributed by atoms with E-state index in [0.29, 0.717) is 48.7 Å². The van der Waals surface area contributed by atoms with Crippen LogP contribution in [0.15, 0.2) is 47.4 Å². The number of hydrogen-bond acceptors (Lipinski definition) is 5. The van der Waals surface area contributed by atoms with Gasteiger partial charge in [-0.25, -0.2) is 8.42 Å². The molecule has 9 heteroatoms. The predicted octanol–water partition coefficient (Wildman–Crippen LogP) is 3.25. The molecule has 2 heterocycles. The zero-order valence-corrected chi connectivity index (χ0v) is 18.9. The number of methoxy groups -OCH3 is 1. The smallest absolute Gasteiger partial charge is 0.255 e. The van der Waals surface area contributed by atoms with E-state index in [1.807, 2.05) is 0 Å². The van der Waals surface area contributed by atoms with Gasteiger partial charge in [0, 0.05) is 37.3 Å². The highest BCUT2D eigenvalue weighted by molar-refractivity contribution is 7.89. The topological polar surface area (TPSA) is 96.0 Å². The third-order valence-corrected chi connectivity index (χ3v) is 7.78. The molecule has 2 aliphatic heterocycles. The second kappa shape index (κ2) is 9.30. The van der Waals surface area contributed by atoms with Crippen molar-refractivity contribution in [2.75, 3.05) is 37.0 Å². The summed E-state index contributed by atoms with van der Waals surface area (Å²) in [5.74, 6) is 0.221. The molecular weight excluding hydrogens is 430 g/mol. The summed E-state index contributed by atoms with van der Waals surface area (Å²) in [4.78, 5) is 26.8. The van der Waals surface area contributed by atoms with Gasteiger partial charge in [0.15, 0.2) is 0 Å². The van der Waals surface area contributed by atoms with Crippen LogP contribution in [0.25, 0.3) is 0 Å². The molecule has 2 aliphatic rings. The molecule has 4 rings (SSSR count). The minimum Gasteiger partial charge on any atom is -0.495 e. The van der Waals surface area contributed by atoms with Crippen LogP contribution in [0.4, 0.5) is 11.4 Å². The first-order chi connectivity index (χ1) is 15.4. The summed E-state index contributed by atoms with van der Waals surface area (Å²) in [7, 11) is -2.00. The van der Waals surface area contributed by atoms with E-state index in [0.717, 1.165) is 25.7 Å². The molecule has 0 saturated carbocycles. The van der Waals surface area contributed by atoms with Crippen molar-refractivity contribution in [2.24, 2.45) is 0 Å². The zero-order chi connectivity index (χ0) is 22.7. The number of benzene rings is 2. The van der Waals surface area contributed by atoms with Crippen LogP contribution in [0.2, 0.25) is 0 Å². The summed E-state index contributed by atoms with van der Waals surface area (Å²) in [6.45, 7) is 1.67. The first kappa shape index (κ1) is 22.3. The number of ether oxygens (including phenoxy) is 1. The minimum atomic E-state index is -3.54. The van der Waals surface area contributed by atoms with Gasteiger partial charge in [-0.15, -0.1) is 0 Å². The number of anilines is 2. The number of nitrogens with zero attached hydrogens (tertiary/aromatic N) is 2. The van der Waals surface area contributed by atoms with Crippen molar-refractivity contribution in [3.63, 3.8) is 0 Å². The summed E-state index contributed by atoms with van der Waals surface area (Å²) < 4.78 is 32.5. The van der Waals surface area contributed by atoms with Crippen molar-refractivity contribution in [1.29, 1.82) is 0 Å². The Hall–Kier alpha value is -2.91. The standard InChI is InChI=1S/C23H27N3O5S/c1-31-21-12-9-18(16-20(21)26-15-5-6-22(26)27)24-23(28)17-7-10-19(11-8-17)32(29,30)25-13-3-2-4-14-25/h7-12,16H,2-6,13-15H2,1H3,(H,24,28). The third-order valence-electron chi connectivity index (χ3n) is 5.87. The monoisotopic (exact) mass is 457 g/mol. The van der Waals surface area contributed by atoms with E-state index >= 15 is 0 Å². The van der Waals surface area contributed by atoms with Crippen molar-refractivity contribution in [3.05, 3.63) is 48.0 Å². The van der Waals surface area contributed by atoms with Crippen LogP contribution in [0.1, 0.15) is 42.5 Å². The minimum absolute atomic E-state index is 0.0253. The molecule has 0 radical (unpaired) electrons. The number of sulfonamides is 1. The zero-order valence-electron chi connectivity index (χ0n) is 18.0. The number of piperidine rings is 1. The van der Waals surface area contributed by atoms with E-state index < -0.39 is 10.0 Å². The van der Waals surface area contributed by atoms with Gasteiger partial charge in [0.25, 0.3) is 5.91 Å². The lowest BCUT2D eigenvalue weighted by molar-refractivity contribution is -0.117. The normalized spacial score (nSPS) is 17.4. The average Bonchev–Trinajstić information content (AvgIpc) is 3.25. The van der Waals surface area contributed by atoms with Gasteiger partial charge in [0.1, 0.15) is 5.75 Å². The quantitative estimate of drug-likeness (QED) is 0.718. The SMILES string of the molecule is COc1ccc(NC(=O)c2ccc(S(=O)(=O)N3CCCCC3)cc2)cc1N1CCCC1=O. The molecular formula is C23H27N3O5S. The van der Waals surface area contributed by atoms with Gasteiger partial charge in [-0.05, 0) is 61.7 Å². The highest BCUT2D eigenvalue weighted by Gasteiger charge is 2.27. The highest BCUT2D eigenvalue weighted by atomic mass is 32.2. The maximum Gasteiger partial charge on any atom is 0.255 e. The fourth-order valence-electron chi connectivity index (χ4n) is 4.12. The molecule has 2 amide bonds. The molecule has 1 N–H and O–H groups in total. The Morgan fingerprint density at radius 1 is 0.969 bits per heavy atom. The lowest BCUT2D eigenvalue weighted by Gasteiger charge is -2.25. The molecule has 0 bridgehead atoms. The summed E-state index contributed by atoms with van der Waals surface area (Å²) in [5.41, 5.74) is 1.49. The Morgan fingerprint density at radius 2 is 1.69 bits per heavy atom. The fourth-order valence-corrected chi connectivity index (χ4v) is 5.63. The van der Waals surface area contributed by atoms with E-state index in [1.165, 1.54) is 35.7 Å². The molecule has 0 spiro atoms. The van der Waals surface area contributed by atoms with Gasteiger partial charge in [0.05, 0.1) is 17.7 Å². The molecule has 2 fully saturated rings. The largest absolute Gasteiger partial charge is 0.495 e. The molecule has 0 aromatic heterocycles. The molecule has 2 aromatic carbocycles. The van der Waals surface area contributed by atoms with Crippen molar-refractivity contribution < 1.29 is 22.7 Å². The Labute approximate surface area is 188 Å². The van der Waals surface area contributed by atoms with Crippen molar-refractivity contribution >= 4 is 33.2 Å². The summed E-state index contributed by atoms with van der Waals surface area (Å²) in [6.07, 6.45) is 4.06. The van der Waals surface area contributed by atoms with E-state index in [4.69, 9.17) is 4.74 Å². The Bertz CT molecular complexity index is 1110. The van der Waals surface area contributed by atoms with E-state index in [9.17, 15) is 18.0 Å². The summed E-state index contributed by atoms with van der Waals surface area (Å²) in [6, 6.07) is 11.1. The Balaban J connectivity index is 1.50. The molecule has 0 atom stereocenters. The predicted molar refractivity (Wildman–Crippen MR) is 122 cm³/mol. The third kappa shape index (κ3) is 4.49. The average molecular weight is 458 g/mol. The lowest BCUT2D eigenvalue weighted by Crippen LogP contribution is -2.35. The Kier molecular flexibility index (Phi) is 6.48. The Morgan fingerprint density at radius 3 is 2.31 bits per heavy atom. The van der Waals surface area contributed by atoms with Crippen molar-refractivity contribution in [3.8, 4) is 5.75 Å². The van der Waals surface area contributed by atoms with Crippen molar-refractivity contribution in [2.45, 2.75) is 37.0 Å². The van der Waals surface area contributed by atoms with Gasteiger partial charge in [-0.3, -0.25) is 9.59 Å². The summed E-state index contributed by atoms with van der Waals surface area (Å²) in [5, 5.41) is 2.82. The van der Waals surface area contributed by atoms with Gasteiger partial charge >= 0.3 is 0 Å². The first-order valence-electron chi connectivity index (χ1n) is 10.8. The fraction of sp³-hybridized carbons (Fsp3) is 0.391. The van der Waals surface area contributed by atoms with Gasteiger partial charge < -0.3 is 15.0 Å². The van der Waals surface area contributed by atoms with Gasteiger partial charge in [-0.1, -0.05) is 6.42 Å². The molecule has 0 unspecified atom stereocenters. The number of amides is 2. The molecule has 0 aliphatic carbocycles. The second-order valence-electron chi connectivity index (χ2n) is 7.98. The van der Waals surface area contributed by atoms with E-state index in [2.05, 4.69) is 5.32 Å². The lowest BCUT2D eigenvalue weighted by atomic mass is 10.2. The van der Waals surface area contributed by atoms with Crippen LogP contribution >= 0.6 is 0 Å². The van der Waals surface area contributed by atoms with Crippen LogP contribution in [-0.2, 0) is 14.8 Å². The first-order valence-corrected chi connectivity index (χ1v) is 12.2. The molecule has 2 aromatic rings. The molecule has 2 saturated heterocycles. The highest BCUT2D eigenvalue weighted by Crippen LogP contribution is 2.34. The number of carbonyl (C=O) groups is 2. The summed E-state index contributed by atoms with van der Waals surface area (Å²) >= 11 is 0. The van der Waals surface area contributed by atoms with Crippen LogP contribution in [-0.4, -0.2) is 51.3 Å². The number of nitrogens with one attached hydrogen (secondary N) is 1. The number of carbonyl (C=O) groups excluding carboxylic acids is 2. The number of hydrogen-bond donors (Lipinski definition) is 1. The van der Waals surface area contributed by atoms with Crippen LogP contribution < -0.4 is 15.0 Å². The second-order valence-corrected chi connectivity index (χ2v) is 9.92. The van der Waals surface area contributed by atoms with Crippen LogP contribution in [0.3, 0.4) is 0 Å². The van der Waals surface area contributed by atoms with Gasteiger partial charge in [-0.2, -0.15) is 4.31 Å². The van der Waals surface area contributed by atoms with Crippen LogP contribution in [0, 0.1) is 0 Å². The maximum absolute atomic E-state index is 12.8. The molecule has 8 nitrogen and oxygen atoms in total. The van der Waals surface area contributed by atoms with Crippen molar-refractivity contribution in [1.82, 2.24) is 4.31 Å². The maximum atomic E-state index is 12.8. The molecule has 32 heavy (non-hydrogen) atoms. The number of rotatable bonds is 6. The van der Waals surface area contributed by atoms with E-state index in [-0.39, 0.29) is 16.7 Å². The van der Waals surface area contributed by atoms with Gasteiger partial charge in [0.2, 0.25) is 15.9 Å². The molecule has 170 valence electrons.